The van der Waals surface area contributed by atoms with Gasteiger partial charge in [0.25, 0.3) is 0 Å². The van der Waals surface area contributed by atoms with Crippen LogP contribution in [0, 0.1) is 0 Å². The molecule has 1 saturated heterocycles. The van der Waals surface area contributed by atoms with Gasteiger partial charge in [-0.25, -0.2) is 0 Å². The Labute approximate surface area is 49.8 Å². The van der Waals surface area contributed by atoms with E-state index in [1.807, 2.05) is 0 Å². The van der Waals surface area contributed by atoms with Gasteiger partial charge < -0.3 is 9.47 Å². The standard InChI is InChI=1S/C6H12O2/c1-5-3-4-6(7-2)8-5/h5-6H,3-4H2,1-2H3. The first kappa shape index (κ1) is 6.05. The third-order valence-electron chi connectivity index (χ3n) is 1.46. The van der Waals surface area contributed by atoms with Crippen molar-refractivity contribution in [1.82, 2.24) is 0 Å². The van der Waals surface area contributed by atoms with Crippen molar-refractivity contribution in [2.24, 2.45) is 0 Å². The molecule has 0 aromatic rings. The van der Waals surface area contributed by atoms with E-state index < -0.39 is 0 Å². The van der Waals surface area contributed by atoms with Gasteiger partial charge in [-0.05, 0) is 13.3 Å². The maximum atomic E-state index is 5.29. The molecule has 0 bridgehead atoms. The van der Waals surface area contributed by atoms with E-state index in [4.69, 9.17) is 9.47 Å². The Morgan fingerprint density at radius 3 is 2.50 bits per heavy atom. The van der Waals surface area contributed by atoms with Gasteiger partial charge in [-0.15, -0.1) is 0 Å². The molecule has 0 aliphatic carbocycles. The molecular formula is C6H12O2. The fraction of sp³-hybridized carbons (Fsp3) is 1.00. The minimum atomic E-state index is 0.0741. The van der Waals surface area contributed by atoms with Gasteiger partial charge in [-0.1, -0.05) is 0 Å². The lowest BCUT2D eigenvalue weighted by atomic mass is 10.3. The van der Waals surface area contributed by atoms with E-state index in [9.17, 15) is 0 Å². The second-order valence-electron chi connectivity index (χ2n) is 2.19. The average molecular weight is 116 g/mol. The Bertz CT molecular complexity index is 72.9. The molecule has 1 fully saturated rings. The third kappa shape index (κ3) is 1.20. The SMILES string of the molecule is COC1CCC(C)O1. The Balaban J connectivity index is 2.22. The van der Waals surface area contributed by atoms with E-state index in [2.05, 4.69) is 6.92 Å². The van der Waals surface area contributed by atoms with Crippen LogP contribution in [0.3, 0.4) is 0 Å². The van der Waals surface area contributed by atoms with Crippen LogP contribution in [0.15, 0.2) is 0 Å². The van der Waals surface area contributed by atoms with Gasteiger partial charge in [-0.2, -0.15) is 0 Å². The van der Waals surface area contributed by atoms with Crippen LogP contribution in [0.1, 0.15) is 19.8 Å². The molecule has 1 aliphatic heterocycles. The molecule has 0 N–H and O–H groups in total. The summed E-state index contributed by atoms with van der Waals surface area (Å²) in [6.45, 7) is 2.07. The number of hydrogen-bond donors (Lipinski definition) is 0. The van der Waals surface area contributed by atoms with Crippen LogP contribution >= 0.6 is 0 Å². The first-order valence-electron chi connectivity index (χ1n) is 3.01. The fourth-order valence-electron chi connectivity index (χ4n) is 0.939. The van der Waals surface area contributed by atoms with Crippen molar-refractivity contribution in [3.05, 3.63) is 0 Å². The van der Waals surface area contributed by atoms with E-state index in [1.54, 1.807) is 7.11 Å². The van der Waals surface area contributed by atoms with E-state index in [-0.39, 0.29) is 6.29 Å². The fourth-order valence-corrected chi connectivity index (χ4v) is 0.939. The van der Waals surface area contributed by atoms with Crippen LogP contribution in [0.25, 0.3) is 0 Å². The largest absolute Gasteiger partial charge is 0.356 e. The normalized spacial score (nSPS) is 38.2. The van der Waals surface area contributed by atoms with Crippen LogP contribution in [0.5, 0.6) is 0 Å². The Morgan fingerprint density at radius 1 is 1.50 bits per heavy atom. The first-order chi connectivity index (χ1) is 3.83. The van der Waals surface area contributed by atoms with Crippen molar-refractivity contribution in [3.63, 3.8) is 0 Å². The number of methoxy groups -OCH3 is 1. The van der Waals surface area contributed by atoms with Gasteiger partial charge in [0.15, 0.2) is 6.29 Å². The smallest absolute Gasteiger partial charge is 0.157 e. The van der Waals surface area contributed by atoms with Crippen LogP contribution in [0.4, 0.5) is 0 Å². The van der Waals surface area contributed by atoms with Crippen molar-refractivity contribution in [3.8, 4) is 0 Å². The van der Waals surface area contributed by atoms with Crippen molar-refractivity contribution < 1.29 is 9.47 Å². The summed E-state index contributed by atoms with van der Waals surface area (Å²) >= 11 is 0. The molecule has 0 radical (unpaired) electrons. The summed E-state index contributed by atoms with van der Waals surface area (Å²) in [6, 6.07) is 0. The van der Waals surface area contributed by atoms with Gasteiger partial charge in [0.1, 0.15) is 0 Å². The molecule has 0 aromatic carbocycles. The number of hydrogen-bond acceptors (Lipinski definition) is 2. The first-order valence-corrected chi connectivity index (χ1v) is 3.01. The highest BCUT2D eigenvalue weighted by Crippen LogP contribution is 2.18. The lowest BCUT2D eigenvalue weighted by Crippen LogP contribution is -2.09. The second-order valence-corrected chi connectivity index (χ2v) is 2.19. The van der Waals surface area contributed by atoms with Crippen molar-refractivity contribution in [1.29, 1.82) is 0 Å². The predicted molar refractivity (Wildman–Crippen MR) is 30.6 cm³/mol. The van der Waals surface area contributed by atoms with E-state index in [1.165, 1.54) is 0 Å². The van der Waals surface area contributed by atoms with Crippen LogP contribution < -0.4 is 0 Å². The summed E-state index contributed by atoms with van der Waals surface area (Å²) in [5, 5.41) is 0. The minimum absolute atomic E-state index is 0.0741. The molecule has 2 unspecified atom stereocenters. The Morgan fingerprint density at radius 2 is 2.25 bits per heavy atom. The molecule has 0 aromatic heterocycles. The van der Waals surface area contributed by atoms with Crippen molar-refractivity contribution in [2.75, 3.05) is 7.11 Å². The molecule has 2 atom stereocenters. The summed E-state index contributed by atoms with van der Waals surface area (Å²) < 4.78 is 10.2. The van der Waals surface area contributed by atoms with Crippen LogP contribution in [-0.2, 0) is 9.47 Å². The van der Waals surface area contributed by atoms with Gasteiger partial charge in [0.2, 0.25) is 0 Å². The second kappa shape index (κ2) is 2.46. The van der Waals surface area contributed by atoms with Crippen LogP contribution in [0.2, 0.25) is 0 Å². The lowest BCUT2D eigenvalue weighted by Gasteiger charge is -2.06. The van der Waals surface area contributed by atoms with E-state index in [0.717, 1.165) is 12.8 Å². The summed E-state index contributed by atoms with van der Waals surface area (Å²) in [5.74, 6) is 0. The summed E-state index contributed by atoms with van der Waals surface area (Å²) in [5.41, 5.74) is 0. The summed E-state index contributed by atoms with van der Waals surface area (Å²) in [6.07, 6.45) is 2.67. The zero-order valence-electron chi connectivity index (χ0n) is 5.39. The lowest BCUT2D eigenvalue weighted by molar-refractivity contribution is -0.110. The molecule has 0 saturated carbocycles. The molecule has 0 amide bonds. The molecule has 1 aliphatic rings. The summed E-state index contributed by atoms with van der Waals surface area (Å²) in [4.78, 5) is 0. The van der Waals surface area contributed by atoms with Crippen molar-refractivity contribution >= 4 is 0 Å². The molecule has 2 nitrogen and oxygen atoms in total. The Hall–Kier alpha value is -0.0800. The molecule has 2 heteroatoms. The van der Waals surface area contributed by atoms with Gasteiger partial charge >= 0.3 is 0 Å². The number of ether oxygens (including phenoxy) is 2. The van der Waals surface area contributed by atoms with Crippen molar-refractivity contribution in [2.45, 2.75) is 32.2 Å². The highest BCUT2D eigenvalue weighted by atomic mass is 16.7. The third-order valence-corrected chi connectivity index (χ3v) is 1.46. The highest BCUT2D eigenvalue weighted by molar-refractivity contribution is 4.61. The zero-order chi connectivity index (χ0) is 5.98. The highest BCUT2D eigenvalue weighted by Gasteiger charge is 2.20. The molecule has 1 rings (SSSR count). The molecule has 48 valence electrons. The average Bonchev–Trinajstić information content (AvgIpc) is 2.14. The molecule has 1 heterocycles. The molecule has 8 heavy (non-hydrogen) atoms. The quantitative estimate of drug-likeness (QED) is 0.511. The Kier molecular flexibility index (Phi) is 1.86. The molecular weight excluding hydrogens is 104 g/mol. The predicted octanol–water partition coefficient (Wildman–Crippen LogP) is 1.16. The summed E-state index contributed by atoms with van der Waals surface area (Å²) in [7, 11) is 1.68. The van der Waals surface area contributed by atoms with Crippen LogP contribution in [-0.4, -0.2) is 19.5 Å². The van der Waals surface area contributed by atoms with Gasteiger partial charge in [-0.3, -0.25) is 0 Å². The maximum Gasteiger partial charge on any atom is 0.157 e. The van der Waals surface area contributed by atoms with Gasteiger partial charge in [0, 0.05) is 13.5 Å². The van der Waals surface area contributed by atoms with Gasteiger partial charge in [0.05, 0.1) is 6.10 Å². The minimum Gasteiger partial charge on any atom is -0.356 e. The topological polar surface area (TPSA) is 18.5 Å². The van der Waals surface area contributed by atoms with E-state index in [0.29, 0.717) is 6.10 Å². The monoisotopic (exact) mass is 116 g/mol. The van der Waals surface area contributed by atoms with E-state index >= 15 is 0 Å². The number of rotatable bonds is 1. The zero-order valence-corrected chi connectivity index (χ0v) is 5.39. The maximum absolute atomic E-state index is 5.29. The molecule has 0 spiro atoms.